The summed E-state index contributed by atoms with van der Waals surface area (Å²) in [5.74, 6) is 0.796. The van der Waals surface area contributed by atoms with Crippen LogP contribution in [-0.4, -0.2) is 27.5 Å². The van der Waals surface area contributed by atoms with Crippen molar-refractivity contribution in [3.05, 3.63) is 50.9 Å². The predicted molar refractivity (Wildman–Crippen MR) is 113 cm³/mol. The summed E-state index contributed by atoms with van der Waals surface area (Å²) >= 11 is 1.63. The molecule has 0 bridgehead atoms. The van der Waals surface area contributed by atoms with Gasteiger partial charge in [-0.05, 0) is 45.2 Å². The first-order valence-electron chi connectivity index (χ1n) is 9.90. The third-order valence-electron chi connectivity index (χ3n) is 5.70. The van der Waals surface area contributed by atoms with Crippen LogP contribution in [0, 0.1) is 13.8 Å². The molecule has 1 atom stereocenters. The van der Waals surface area contributed by atoms with Crippen molar-refractivity contribution < 1.29 is 0 Å². The molecule has 27 heavy (non-hydrogen) atoms. The highest BCUT2D eigenvalue weighted by Crippen LogP contribution is 2.35. The number of nitrogens with zero attached hydrogens (tertiary/aromatic N) is 2. The number of aromatic nitrogens is 2. The van der Waals surface area contributed by atoms with E-state index in [1.165, 1.54) is 24.8 Å². The van der Waals surface area contributed by atoms with Gasteiger partial charge in [0.15, 0.2) is 0 Å². The fourth-order valence-electron chi connectivity index (χ4n) is 4.23. The molecule has 1 fully saturated rings. The van der Waals surface area contributed by atoms with E-state index in [2.05, 4.69) is 54.9 Å². The van der Waals surface area contributed by atoms with Crippen molar-refractivity contribution in [1.82, 2.24) is 14.9 Å². The molecule has 4 rings (SSSR count). The summed E-state index contributed by atoms with van der Waals surface area (Å²) in [6, 6.07) is 8.98. The number of piperidine rings is 1. The topological polar surface area (TPSA) is 49.0 Å². The lowest BCUT2D eigenvalue weighted by molar-refractivity contribution is 0.133. The number of rotatable bonds is 4. The van der Waals surface area contributed by atoms with Crippen LogP contribution in [0.5, 0.6) is 0 Å². The van der Waals surface area contributed by atoms with Crippen LogP contribution in [0.1, 0.15) is 48.9 Å². The van der Waals surface area contributed by atoms with Gasteiger partial charge in [-0.1, -0.05) is 43.2 Å². The van der Waals surface area contributed by atoms with E-state index in [0.29, 0.717) is 6.04 Å². The molecular formula is C22H27N3OS. The van der Waals surface area contributed by atoms with Crippen LogP contribution in [0.3, 0.4) is 0 Å². The van der Waals surface area contributed by atoms with E-state index in [-0.39, 0.29) is 5.56 Å². The zero-order valence-corrected chi connectivity index (χ0v) is 17.2. The van der Waals surface area contributed by atoms with Gasteiger partial charge in [-0.15, -0.1) is 11.3 Å². The lowest BCUT2D eigenvalue weighted by Gasteiger charge is -2.34. The Bertz CT molecular complexity index is 1000. The van der Waals surface area contributed by atoms with Crippen molar-refractivity contribution in [3.8, 4) is 11.1 Å². The van der Waals surface area contributed by atoms with Crippen LogP contribution in [0.4, 0.5) is 0 Å². The fourth-order valence-corrected chi connectivity index (χ4v) is 5.29. The van der Waals surface area contributed by atoms with E-state index in [9.17, 15) is 4.79 Å². The Kier molecular flexibility index (Phi) is 5.15. The SMILES string of the molecule is CCC1CCCCN1Cc1nc2sc(C)c(-c3ccc(C)cc3)c2c(=O)[nH]1. The Hall–Kier alpha value is -1.98. The summed E-state index contributed by atoms with van der Waals surface area (Å²) in [5, 5.41) is 0.732. The number of hydrogen-bond acceptors (Lipinski definition) is 4. The molecule has 1 N–H and O–H groups in total. The van der Waals surface area contributed by atoms with Gasteiger partial charge in [0.25, 0.3) is 5.56 Å². The Labute approximate surface area is 164 Å². The van der Waals surface area contributed by atoms with Gasteiger partial charge >= 0.3 is 0 Å². The van der Waals surface area contributed by atoms with E-state index in [1.54, 1.807) is 11.3 Å². The van der Waals surface area contributed by atoms with Gasteiger partial charge in [-0.2, -0.15) is 0 Å². The van der Waals surface area contributed by atoms with Crippen LogP contribution in [0.15, 0.2) is 29.1 Å². The van der Waals surface area contributed by atoms with Crippen molar-refractivity contribution in [3.63, 3.8) is 0 Å². The Morgan fingerprint density at radius 2 is 2.00 bits per heavy atom. The summed E-state index contributed by atoms with van der Waals surface area (Å²) in [7, 11) is 0. The molecular weight excluding hydrogens is 354 g/mol. The first-order valence-corrected chi connectivity index (χ1v) is 10.7. The quantitative estimate of drug-likeness (QED) is 0.689. The highest BCUT2D eigenvalue weighted by molar-refractivity contribution is 7.19. The maximum absolute atomic E-state index is 13.0. The average molecular weight is 382 g/mol. The minimum absolute atomic E-state index is 0.0139. The van der Waals surface area contributed by atoms with Crippen LogP contribution in [-0.2, 0) is 6.54 Å². The molecule has 1 aromatic carbocycles. The molecule has 2 aromatic heterocycles. The third-order valence-corrected chi connectivity index (χ3v) is 6.70. The van der Waals surface area contributed by atoms with E-state index < -0.39 is 0 Å². The van der Waals surface area contributed by atoms with Gasteiger partial charge in [-0.25, -0.2) is 4.98 Å². The second-order valence-electron chi connectivity index (χ2n) is 7.62. The number of H-pyrrole nitrogens is 1. The molecule has 1 unspecified atom stereocenters. The summed E-state index contributed by atoms with van der Waals surface area (Å²) in [6.07, 6.45) is 4.95. The number of fused-ring (bicyclic) bond motifs is 1. The molecule has 1 saturated heterocycles. The van der Waals surface area contributed by atoms with Crippen molar-refractivity contribution in [2.45, 2.75) is 59.0 Å². The maximum atomic E-state index is 13.0. The van der Waals surface area contributed by atoms with Crippen molar-refractivity contribution in [2.24, 2.45) is 0 Å². The molecule has 0 spiro atoms. The van der Waals surface area contributed by atoms with E-state index in [0.717, 1.165) is 51.6 Å². The summed E-state index contributed by atoms with van der Waals surface area (Å²) < 4.78 is 0. The summed E-state index contributed by atoms with van der Waals surface area (Å²) in [4.78, 5) is 25.4. The van der Waals surface area contributed by atoms with Gasteiger partial charge < -0.3 is 4.98 Å². The first kappa shape index (κ1) is 18.4. The molecule has 4 nitrogen and oxygen atoms in total. The van der Waals surface area contributed by atoms with E-state index in [4.69, 9.17) is 4.98 Å². The summed E-state index contributed by atoms with van der Waals surface area (Å²) in [5.41, 5.74) is 3.32. The first-order chi connectivity index (χ1) is 13.1. The van der Waals surface area contributed by atoms with Gasteiger partial charge in [0.1, 0.15) is 10.7 Å². The molecule has 3 heterocycles. The molecule has 1 aliphatic heterocycles. The molecule has 0 saturated carbocycles. The Morgan fingerprint density at radius 3 is 2.74 bits per heavy atom. The molecule has 142 valence electrons. The molecule has 5 heteroatoms. The smallest absolute Gasteiger partial charge is 0.260 e. The standard InChI is InChI=1S/C22H27N3OS/c1-4-17-7-5-6-12-25(17)13-18-23-21(26)20-19(15(3)27-22(20)24-18)16-10-8-14(2)9-11-16/h8-11,17H,4-7,12-13H2,1-3H3,(H,23,24,26). The zero-order valence-electron chi connectivity index (χ0n) is 16.3. The van der Waals surface area contributed by atoms with Gasteiger partial charge in [0, 0.05) is 16.5 Å². The Balaban J connectivity index is 1.73. The molecule has 0 amide bonds. The van der Waals surface area contributed by atoms with Crippen molar-refractivity contribution in [1.29, 1.82) is 0 Å². The number of nitrogens with one attached hydrogen (secondary N) is 1. The minimum atomic E-state index is -0.0139. The highest BCUT2D eigenvalue weighted by Gasteiger charge is 2.23. The molecule has 0 radical (unpaired) electrons. The van der Waals surface area contributed by atoms with Crippen LogP contribution in [0.2, 0.25) is 0 Å². The Morgan fingerprint density at radius 1 is 1.22 bits per heavy atom. The lowest BCUT2D eigenvalue weighted by Crippen LogP contribution is -2.39. The lowest BCUT2D eigenvalue weighted by atomic mass is 10.00. The second-order valence-corrected chi connectivity index (χ2v) is 8.82. The number of benzene rings is 1. The summed E-state index contributed by atoms with van der Waals surface area (Å²) in [6.45, 7) is 8.24. The fraction of sp³-hybridized carbons (Fsp3) is 0.455. The van der Waals surface area contributed by atoms with Crippen LogP contribution in [0.25, 0.3) is 21.3 Å². The van der Waals surface area contributed by atoms with E-state index in [1.807, 2.05) is 0 Å². The highest BCUT2D eigenvalue weighted by atomic mass is 32.1. The maximum Gasteiger partial charge on any atom is 0.260 e. The average Bonchev–Trinajstić information content (AvgIpc) is 2.99. The number of likely N-dealkylation sites (tertiary alicyclic amines) is 1. The second kappa shape index (κ2) is 7.56. The monoisotopic (exact) mass is 381 g/mol. The van der Waals surface area contributed by atoms with Crippen LogP contribution < -0.4 is 5.56 Å². The number of thiophene rings is 1. The zero-order chi connectivity index (χ0) is 19.0. The largest absolute Gasteiger partial charge is 0.309 e. The van der Waals surface area contributed by atoms with Gasteiger partial charge in [0.05, 0.1) is 11.9 Å². The molecule has 1 aliphatic rings. The molecule has 3 aromatic rings. The number of aromatic amines is 1. The van der Waals surface area contributed by atoms with Crippen molar-refractivity contribution in [2.75, 3.05) is 6.54 Å². The van der Waals surface area contributed by atoms with E-state index >= 15 is 0 Å². The molecule has 0 aliphatic carbocycles. The van der Waals surface area contributed by atoms with Crippen molar-refractivity contribution >= 4 is 21.6 Å². The van der Waals surface area contributed by atoms with Gasteiger partial charge in [0.2, 0.25) is 0 Å². The normalized spacial score (nSPS) is 18.3. The number of hydrogen-bond donors (Lipinski definition) is 1. The number of aryl methyl sites for hydroxylation is 2. The van der Waals surface area contributed by atoms with Gasteiger partial charge in [-0.3, -0.25) is 9.69 Å². The van der Waals surface area contributed by atoms with Crippen LogP contribution >= 0.6 is 11.3 Å². The minimum Gasteiger partial charge on any atom is -0.309 e. The predicted octanol–water partition coefficient (Wildman–Crippen LogP) is 5.03. The third kappa shape index (κ3) is 3.58.